The highest BCUT2D eigenvalue weighted by Gasteiger charge is 2.29. The molecule has 144 valence electrons. The first-order valence-corrected chi connectivity index (χ1v) is 9.88. The number of likely N-dealkylation sites (N-methyl/N-ethyl adjacent to an activating group) is 1. The minimum atomic E-state index is -0.307. The molecule has 0 atom stereocenters. The quantitative estimate of drug-likeness (QED) is 0.761. The van der Waals surface area contributed by atoms with Crippen LogP contribution in [0.25, 0.3) is 0 Å². The lowest BCUT2D eigenvalue weighted by atomic mass is 9.95. The molecule has 0 aliphatic carbocycles. The zero-order chi connectivity index (χ0) is 19.2. The van der Waals surface area contributed by atoms with Crippen LogP contribution in [0.1, 0.15) is 22.5 Å². The number of rotatable bonds is 6. The Hall–Kier alpha value is -2.41. The van der Waals surface area contributed by atoms with Crippen molar-refractivity contribution in [3.8, 4) is 5.75 Å². The molecule has 0 spiro atoms. The Morgan fingerprint density at radius 3 is 2.56 bits per heavy atom. The molecule has 0 bridgehead atoms. The maximum Gasteiger partial charge on any atom is 0.263 e. The van der Waals surface area contributed by atoms with Gasteiger partial charge in [-0.2, -0.15) is 0 Å². The average Bonchev–Trinajstić information content (AvgIpc) is 3.23. The average molecular weight is 390 g/mol. The Balaban J connectivity index is 1.41. The number of hydrogen-bond acceptors (Lipinski definition) is 4. The second-order valence-electron chi connectivity index (χ2n) is 6.61. The number of benzene rings is 1. The van der Waals surface area contributed by atoms with Crippen molar-refractivity contribution in [3.63, 3.8) is 0 Å². The molecule has 0 N–H and O–H groups in total. The second-order valence-corrected chi connectivity index (χ2v) is 7.55. The lowest BCUT2D eigenvalue weighted by molar-refractivity contribution is -0.135. The minimum Gasteiger partial charge on any atom is -0.492 e. The van der Waals surface area contributed by atoms with Gasteiger partial charge >= 0.3 is 0 Å². The van der Waals surface area contributed by atoms with Gasteiger partial charge in [-0.15, -0.1) is 11.3 Å². The molecule has 2 aromatic rings. The van der Waals surface area contributed by atoms with Crippen LogP contribution in [0.2, 0.25) is 0 Å². The smallest absolute Gasteiger partial charge is 0.263 e. The van der Waals surface area contributed by atoms with Crippen LogP contribution in [0.3, 0.4) is 0 Å². The molecule has 0 radical (unpaired) electrons. The summed E-state index contributed by atoms with van der Waals surface area (Å²) in [6.07, 6.45) is 1.36. The zero-order valence-corrected chi connectivity index (χ0v) is 16.1. The van der Waals surface area contributed by atoms with E-state index in [-0.39, 0.29) is 23.5 Å². The van der Waals surface area contributed by atoms with Crippen molar-refractivity contribution in [1.82, 2.24) is 9.80 Å². The van der Waals surface area contributed by atoms with E-state index in [1.807, 2.05) is 22.4 Å². The van der Waals surface area contributed by atoms with Crippen molar-refractivity contribution in [3.05, 3.63) is 52.5 Å². The first-order chi connectivity index (χ1) is 13.0. The summed E-state index contributed by atoms with van der Waals surface area (Å²) < 4.78 is 18.4. The number of carbonyl (C=O) groups is 2. The Morgan fingerprint density at radius 2 is 1.93 bits per heavy atom. The minimum absolute atomic E-state index is 0.0527. The van der Waals surface area contributed by atoms with Crippen LogP contribution < -0.4 is 4.74 Å². The summed E-state index contributed by atoms with van der Waals surface area (Å²) in [5.74, 6) is 0.349. The number of nitrogens with zero attached hydrogens (tertiary/aromatic N) is 2. The lowest BCUT2D eigenvalue weighted by Gasteiger charge is -2.33. The zero-order valence-electron chi connectivity index (χ0n) is 15.3. The van der Waals surface area contributed by atoms with E-state index >= 15 is 0 Å². The molecule has 1 saturated heterocycles. The fourth-order valence-corrected chi connectivity index (χ4v) is 3.83. The molecule has 7 heteroatoms. The van der Waals surface area contributed by atoms with Gasteiger partial charge in [-0.05, 0) is 48.6 Å². The molecule has 1 aliphatic rings. The number of hydrogen-bond donors (Lipinski definition) is 0. The maximum atomic E-state index is 12.9. The highest BCUT2D eigenvalue weighted by molar-refractivity contribution is 7.12. The van der Waals surface area contributed by atoms with Gasteiger partial charge in [0.05, 0.1) is 11.4 Å². The van der Waals surface area contributed by atoms with Gasteiger partial charge in [0, 0.05) is 26.1 Å². The first-order valence-electron chi connectivity index (χ1n) is 9.00. The molecule has 27 heavy (non-hydrogen) atoms. The summed E-state index contributed by atoms with van der Waals surface area (Å²) in [6, 6.07) is 9.52. The van der Waals surface area contributed by atoms with Gasteiger partial charge in [-0.25, -0.2) is 4.39 Å². The van der Waals surface area contributed by atoms with E-state index in [1.54, 1.807) is 24.1 Å². The van der Waals surface area contributed by atoms with Crippen molar-refractivity contribution >= 4 is 23.2 Å². The van der Waals surface area contributed by atoms with Crippen molar-refractivity contribution in [1.29, 1.82) is 0 Å². The van der Waals surface area contributed by atoms with E-state index < -0.39 is 0 Å². The first kappa shape index (κ1) is 19.4. The van der Waals surface area contributed by atoms with Crippen molar-refractivity contribution in [2.75, 3.05) is 33.3 Å². The molecule has 1 aromatic carbocycles. The predicted molar refractivity (Wildman–Crippen MR) is 102 cm³/mol. The van der Waals surface area contributed by atoms with Crippen LogP contribution in [0, 0.1) is 11.7 Å². The number of piperidine rings is 1. The highest BCUT2D eigenvalue weighted by Crippen LogP contribution is 2.22. The Kier molecular flexibility index (Phi) is 6.45. The van der Waals surface area contributed by atoms with Crippen molar-refractivity contribution < 1.29 is 18.7 Å². The standard InChI is InChI=1S/C20H23FN2O3S/c1-22(12-13-26-17-6-4-16(21)5-7-17)19(24)15-8-10-23(11-9-15)20(25)18-3-2-14-27-18/h2-7,14-15H,8-13H2,1H3. The third kappa shape index (κ3) is 5.07. The van der Waals surface area contributed by atoms with Crippen LogP contribution >= 0.6 is 11.3 Å². The van der Waals surface area contributed by atoms with Crippen LogP contribution in [-0.2, 0) is 4.79 Å². The largest absolute Gasteiger partial charge is 0.492 e. The molecule has 3 rings (SSSR count). The fraction of sp³-hybridized carbons (Fsp3) is 0.400. The maximum absolute atomic E-state index is 12.9. The van der Waals surface area contributed by atoms with Crippen LogP contribution in [-0.4, -0.2) is 54.9 Å². The summed E-state index contributed by atoms with van der Waals surface area (Å²) in [6.45, 7) is 2.02. The van der Waals surface area contributed by atoms with Crippen molar-refractivity contribution in [2.45, 2.75) is 12.8 Å². The summed E-state index contributed by atoms with van der Waals surface area (Å²) in [4.78, 5) is 29.2. The van der Waals surface area contributed by atoms with Crippen LogP contribution in [0.5, 0.6) is 5.75 Å². The number of likely N-dealkylation sites (tertiary alicyclic amines) is 1. The van der Waals surface area contributed by atoms with Crippen LogP contribution in [0.4, 0.5) is 4.39 Å². The van der Waals surface area contributed by atoms with Crippen LogP contribution in [0.15, 0.2) is 41.8 Å². The Labute approximate surface area is 162 Å². The molecule has 1 aliphatic heterocycles. The third-order valence-electron chi connectivity index (χ3n) is 4.75. The predicted octanol–water partition coefficient (Wildman–Crippen LogP) is 3.28. The number of carbonyl (C=O) groups excluding carboxylic acids is 2. The summed E-state index contributed by atoms with van der Waals surface area (Å²) in [7, 11) is 1.76. The molecule has 0 unspecified atom stereocenters. The SMILES string of the molecule is CN(CCOc1ccc(F)cc1)C(=O)C1CCN(C(=O)c2cccs2)CC1. The molecule has 2 heterocycles. The molecule has 1 fully saturated rings. The van der Waals surface area contributed by atoms with Gasteiger partial charge in [-0.1, -0.05) is 6.07 Å². The van der Waals surface area contributed by atoms with Gasteiger partial charge in [0.1, 0.15) is 18.2 Å². The molecule has 0 saturated carbocycles. The van der Waals surface area contributed by atoms with Gasteiger partial charge < -0.3 is 14.5 Å². The molecule has 1 aromatic heterocycles. The van der Waals surface area contributed by atoms with Crippen molar-refractivity contribution in [2.24, 2.45) is 5.92 Å². The van der Waals surface area contributed by atoms with E-state index in [9.17, 15) is 14.0 Å². The fourth-order valence-electron chi connectivity index (χ4n) is 3.14. The summed E-state index contributed by atoms with van der Waals surface area (Å²) in [5.41, 5.74) is 0. The van der Waals surface area contributed by atoms with E-state index in [0.717, 1.165) is 4.88 Å². The topological polar surface area (TPSA) is 49.9 Å². The highest BCUT2D eigenvalue weighted by atomic mass is 32.1. The Morgan fingerprint density at radius 1 is 1.22 bits per heavy atom. The number of thiophene rings is 1. The number of ether oxygens (including phenoxy) is 1. The third-order valence-corrected chi connectivity index (χ3v) is 5.61. The van der Waals surface area contributed by atoms with Gasteiger partial charge in [0.15, 0.2) is 0 Å². The van der Waals surface area contributed by atoms with Gasteiger partial charge in [-0.3, -0.25) is 9.59 Å². The Bertz CT molecular complexity index is 756. The number of halogens is 1. The monoisotopic (exact) mass is 390 g/mol. The van der Waals surface area contributed by atoms with E-state index in [4.69, 9.17) is 4.74 Å². The van der Waals surface area contributed by atoms with Gasteiger partial charge in [0.2, 0.25) is 5.91 Å². The summed E-state index contributed by atoms with van der Waals surface area (Å²) >= 11 is 1.44. The molecule has 5 nitrogen and oxygen atoms in total. The normalized spacial score (nSPS) is 14.8. The molecule has 2 amide bonds. The van der Waals surface area contributed by atoms with Gasteiger partial charge in [0.25, 0.3) is 5.91 Å². The molecular formula is C20H23FN2O3S. The molecular weight excluding hydrogens is 367 g/mol. The van der Waals surface area contributed by atoms with E-state index in [2.05, 4.69) is 0 Å². The summed E-state index contributed by atoms with van der Waals surface area (Å²) in [5, 5.41) is 1.90. The second kappa shape index (κ2) is 8.99. The number of amides is 2. The van der Waals surface area contributed by atoms with E-state index in [0.29, 0.717) is 44.8 Å². The lowest BCUT2D eigenvalue weighted by Crippen LogP contribution is -2.44. The van der Waals surface area contributed by atoms with E-state index in [1.165, 1.54) is 23.5 Å².